The maximum Gasteiger partial charge on any atom is 0.410 e. The molecule has 0 N–H and O–H groups in total. The number of ether oxygens (including phenoxy) is 1. The number of aryl methyl sites for hydroxylation is 1. The number of nitrogens with zero attached hydrogens (tertiary/aromatic N) is 3. The van der Waals surface area contributed by atoms with Gasteiger partial charge in [0.2, 0.25) is 5.91 Å². The van der Waals surface area contributed by atoms with E-state index in [0.29, 0.717) is 32.6 Å². The first-order valence-corrected chi connectivity index (χ1v) is 8.96. The van der Waals surface area contributed by atoms with Crippen molar-refractivity contribution >= 4 is 12.0 Å². The molecule has 0 saturated carbocycles. The second-order valence-corrected chi connectivity index (χ2v) is 6.62. The molecule has 1 aromatic carbocycles. The molecular formula is C20H25N3O3. The first kappa shape index (κ1) is 18.0. The number of amides is 2. The molecule has 0 atom stereocenters. The van der Waals surface area contributed by atoms with E-state index < -0.39 is 0 Å². The first-order chi connectivity index (χ1) is 12.6. The number of carbonyl (C=O) groups is 2. The summed E-state index contributed by atoms with van der Waals surface area (Å²) in [5, 5.41) is 0. The van der Waals surface area contributed by atoms with E-state index in [4.69, 9.17) is 4.74 Å². The minimum atomic E-state index is -0.314. The van der Waals surface area contributed by atoms with Crippen LogP contribution >= 0.6 is 0 Å². The minimum absolute atomic E-state index is 0.107. The normalized spacial score (nSPS) is 14.8. The van der Waals surface area contributed by atoms with E-state index in [-0.39, 0.29) is 18.6 Å². The average molecular weight is 355 g/mol. The maximum absolute atomic E-state index is 12.5. The van der Waals surface area contributed by atoms with E-state index in [2.05, 4.69) is 0 Å². The highest BCUT2D eigenvalue weighted by molar-refractivity contribution is 5.79. The summed E-state index contributed by atoms with van der Waals surface area (Å²) >= 11 is 0. The molecule has 0 bridgehead atoms. The SMILES string of the molecule is Cn1ccc(CC(=O)N2CCCN(C(=O)OCc3ccccc3)CC2)c1. The Labute approximate surface area is 154 Å². The van der Waals surface area contributed by atoms with Crippen LogP contribution in [0.2, 0.25) is 0 Å². The van der Waals surface area contributed by atoms with Crippen molar-refractivity contribution in [2.24, 2.45) is 7.05 Å². The molecule has 1 aliphatic rings. The molecule has 0 radical (unpaired) electrons. The molecule has 138 valence electrons. The summed E-state index contributed by atoms with van der Waals surface area (Å²) in [6.07, 6.45) is 4.75. The van der Waals surface area contributed by atoms with E-state index in [1.807, 2.05) is 65.3 Å². The quantitative estimate of drug-likeness (QED) is 0.846. The fourth-order valence-corrected chi connectivity index (χ4v) is 3.11. The van der Waals surface area contributed by atoms with Crippen LogP contribution in [-0.2, 0) is 29.6 Å². The highest BCUT2D eigenvalue weighted by atomic mass is 16.6. The molecule has 3 rings (SSSR count). The molecule has 0 spiro atoms. The third-order valence-electron chi connectivity index (χ3n) is 4.56. The van der Waals surface area contributed by atoms with Gasteiger partial charge in [-0.3, -0.25) is 4.79 Å². The van der Waals surface area contributed by atoms with E-state index in [0.717, 1.165) is 17.5 Å². The topological polar surface area (TPSA) is 54.8 Å². The van der Waals surface area contributed by atoms with Gasteiger partial charge in [0.15, 0.2) is 0 Å². The lowest BCUT2D eigenvalue weighted by atomic mass is 10.2. The minimum Gasteiger partial charge on any atom is -0.445 e. The van der Waals surface area contributed by atoms with Crippen molar-refractivity contribution in [2.45, 2.75) is 19.4 Å². The Morgan fingerprint density at radius 1 is 0.962 bits per heavy atom. The van der Waals surface area contributed by atoms with Crippen LogP contribution in [0.3, 0.4) is 0 Å². The number of hydrogen-bond acceptors (Lipinski definition) is 3. The molecule has 1 saturated heterocycles. The second kappa shape index (κ2) is 8.56. The summed E-state index contributed by atoms with van der Waals surface area (Å²) in [5.41, 5.74) is 1.98. The van der Waals surface area contributed by atoms with Gasteiger partial charge in [-0.2, -0.15) is 0 Å². The molecular weight excluding hydrogens is 330 g/mol. The number of benzene rings is 1. The smallest absolute Gasteiger partial charge is 0.410 e. The molecule has 2 aromatic rings. The van der Waals surface area contributed by atoms with Crippen LogP contribution in [0.4, 0.5) is 4.79 Å². The monoisotopic (exact) mass is 355 g/mol. The molecule has 6 heteroatoms. The molecule has 1 aliphatic heterocycles. The van der Waals surface area contributed by atoms with Gasteiger partial charge in [-0.1, -0.05) is 30.3 Å². The predicted molar refractivity (Wildman–Crippen MR) is 98.5 cm³/mol. The first-order valence-electron chi connectivity index (χ1n) is 8.96. The van der Waals surface area contributed by atoms with Crippen molar-refractivity contribution in [1.29, 1.82) is 0 Å². The summed E-state index contributed by atoms with van der Waals surface area (Å²) < 4.78 is 7.34. The van der Waals surface area contributed by atoms with Gasteiger partial charge in [0, 0.05) is 45.6 Å². The number of carbonyl (C=O) groups excluding carboxylic acids is 2. The largest absolute Gasteiger partial charge is 0.445 e. The third-order valence-corrected chi connectivity index (χ3v) is 4.56. The van der Waals surface area contributed by atoms with Crippen molar-refractivity contribution in [3.05, 3.63) is 59.9 Å². The summed E-state index contributed by atoms with van der Waals surface area (Å²) in [6.45, 7) is 2.62. The van der Waals surface area contributed by atoms with E-state index in [1.54, 1.807) is 4.90 Å². The summed E-state index contributed by atoms with van der Waals surface area (Å²) in [4.78, 5) is 28.3. The van der Waals surface area contributed by atoms with Gasteiger partial charge in [-0.25, -0.2) is 4.79 Å². The molecule has 1 fully saturated rings. The summed E-state index contributed by atoms with van der Waals surface area (Å²) in [7, 11) is 1.94. The van der Waals surface area contributed by atoms with Gasteiger partial charge in [0.25, 0.3) is 0 Å². The van der Waals surface area contributed by atoms with Crippen molar-refractivity contribution < 1.29 is 14.3 Å². The summed E-state index contributed by atoms with van der Waals surface area (Å²) in [5.74, 6) is 0.107. The van der Waals surface area contributed by atoms with Crippen molar-refractivity contribution in [3.63, 3.8) is 0 Å². The maximum atomic E-state index is 12.5. The lowest BCUT2D eigenvalue weighted by Crippen LogP contribution is -2.38. The Bertz CT molecular complexity index is 742. The molecule has 2 amide bonds. The fraction of sp³-hybridized carbons (Fsp3) is 0.400. The van der Waals surface area contributed by atoms with Gasteiger partial charge in [-0.15, -0.1) is 0 Å². The molecule has 0 aliphatic carbocycles. The van der Waals surface area contributed by atoms with Crippen LogP contribution in [0.1, 0.15) is 17.5 Å². The Balaban J connectivity index is 1.47. The zero-order valence-electron chi connectivity index (χ0n) is 15.1. The van der Waals surface area contributed by atoms with Crippen LogP contribution in [0.5, 0.6) is 0 Å². The number of hydrogen-bond donors (Lipinski definition) is 0. The van der Waals surface area contributed by atoms with E-state index in [1.165, 1.54) is 0 Å². The highest BCUT2D eigenvalue weighted by Gasteiger charge is 2.23. The van der Waals surface area contributed by atoms with Gasteiger partial charge in [-0.05, 0) is 23.6 Å². The van der Waals surface area contributed by atoms with E-state index in [9.17, 15) is 9.59 Å². The lowest BCUT2D eigenvalue weighted by molar-refractivity contribution is -0.130. The van der Waals surface area contributed by atoms with Crippen molar-refractivity contribution in [2.75, 3.05) is 26.2 Å². The Kier molecular flexibility index (Phi) is 5.94. The van der Waals surface area contributed by atoms with Crippen LogP contribution in [0, 0.1) is 0 Å². The van der Waals surface area contributed by atoms with Gasteiger partial charge in [0.05, 0.1) is 6.42 Å². The van der Waals surface area contributed by atoms with Crippen molar-refractivity contribution in [1.82, 2.24) is 14.4 Å². The molecule has 26 heavy (non-hydrogen) atoms. The van der Waals surface area contributed by atoms with Crippen LogP contribution in [0.25, 0.3) is 0 Å². The van der Waals surface area contributed by atoms with Crippen LogP contribution in [-0.4, -0.2) is 52.5 Å². The summed E-state index contributed by atoms with van der Waals surface area (Å²) in [6, 6.07) is 11.6. The van der Waals surface area contributed by atoms with Gasteiger partial charge in [0.1, 0.15) is 6.61 Å². The fourth-order valence-electron chi connectivity index (χ4n) is 3.11. The van der Waals surface area contributed by atoms with E-state index >= 15 is 0 Å². The zero-order valence-corrected chi connectivity index (χ0v) is 15.1. The zero-order chi connectivity index (χ0) is 18.4. The predicted octanol–water partition coefficient (Wildman–Crippen LogP) is 2.44. The second-order valence-electron chi connectivity index (χ2n) is 6.62. The molecule has 1 aromatic heterocycles. The Hall–Kier alpha value is -2.76. The standard InChI is InChI=1S/C20H25N3O3/c1-21-11-8-18(15-21)14-19(24)22-9-5-10-23(13-12-22)20(25)26-16-17-6-3-2-4-7-17/h2-4,6-8,11,15H,5,9-10,12-14,16H2,1H3. The molecule has 0 unspecified atom stereocenters. The van der Waals surface area contributed by atoms with Crippen LogP contribution < -0.4 is 0 Å². The molecule has 6 nitrogen and oxygen atoms in total. The Morgan fingerprint density at radius 3 is 2.42 bits per heavy atom. The molecule has 2 heterocycles. The lowest BCUT2D eigenvalue weighted by Gasteiger charge is -2.22. The van der Waals surface area contributed by atoms with Gasteiger partial charge >= 0.3 is 6.09 Å². The van der Waals surface area contributed by atoms with Crippen molar-refractivity contribution in [3.8, 4) is 0 Å². The third kappa shape index (κ3) is 4.88. The number of rotatable bonds is 4. The number of aromatic nitrogens is 1. The average Bonchev–Trinajstić information content (AvgIpc) is 2.91. The Morgan fingerprint density at radius 2 is 1.69 bits per heavy atom. The van der Waals surface area contributed by atoms with Gasteiger partial charge < -0.3 is 19.1 Å². The highest BCUT2D eigenvalue weighted by Crippen LogP contribution is 2.10. The van der Waals surface area contributed by atoms with Crippen LogP contribution in [0.15, 0.2) is 48.8 Å².